The highest BCUT2D eigenvalue weighted by Gasteiger charge is 2.25. The van der Waals surface area contributed by atoms with Crippen LogP contribution in [-0.2, 0) is 6.54 Å². The van der Waals surface area contributed by atoms with Gasteiger partial charge in [0.15, 0.2) is 0 Å². The summed E-state index contributed by atoms with van der Waals surface area (Å²) >= 11 is 0. The quantitative estimate of drug-likeness (QED) is 0.896. The lowest BCUT2D eigenvalue weighted by Gasteiger charge is -2.36. The van der Waals surface area contributed by atoms with Gasteiger partial charge in [-0.05, 0) is 49.5 Å². The highest BCUT2D eigenvalue weighted by atomic mass is 16.5. The summed E-state index contributed by atoms with van der Waals surface area (Å²) in [5, 5.41) is 0. The number of nitrogens with zero attached hydrogens (tertiary/aromatic N) is 1. The number of hydrogen-bond acceptors (Lipinski definition) is 4. The summed E-state index contributed by atoms with van der Waals surface area (Å²) < 4.78 is 10.8. The zero-order valence-electron chi connectivity index (χ0n) is 12.8. The van der Waals surface area contributed by atoms with Crippen LogP contribution < -0.4 is 15.2 Å². The molecule has 0 aromatic heterocycles. The van der Waals surface area contributed by atoms with Crippen molar-refractivity contribution in [3.05, 3.63) is 23.8 Å². The van der Waals surface area contributed by atoms with Crippen LogP contribution in [0.4, 0.5) is 0 Å². The number of benzene rings is 1. The average Bonchev–Trinajstić information content (AvgIpc) is 2.49. The van der Waals surface area contributed by atoms with Gasteiger partial charge in [0, 0.05) is 18.7 Å². The van der Waals surface area contributed by atoms with Gasteiger partial charge in [-0.2, -0.15) is 0 Å². The summed E-state index contributed by atoms with van der Waals surface area (Å²) in [6, 6.07) is 5.97. The number of methoxy groups -OCH3 is 2. The molecule has 1 aliphatic rings. The minimum Gasteiger partial charge on any atom is -0.497 e. The monoisotopic (exact) mass is 278 g/mol. The van der Waals surface area contributed by atoms with Crippen LogP contribution in [0.5, 0.6) is 11.5 Å². The zero-order chi connectivity index (χ0) is 14.5. The van der Waals surface area contributed by atoms with Crippen molar-refractivity contribution in [2.75, 3.05) is 33.9 Å². The van der Waals surface area contributed by atoms with E-state index in [4.69, 9.17) is 15.2 Å². The van der Waals surface area contributed by atoms with Crippen molar-refractivity contribution in [1.82, 2.24) is 4.90 Å². The molecule has 1 aliphatic heterocycles. The first-order valence-corrected chi connectivity index (χ1v) is 7.31. The van der Waals surface area contributed by atoms with Crippen LogP contribution in [0.1, 0.15) is 18.9 Å². The predicted octanol–water partition coefficient (Wildman–Crippen LogP) is 2.12. The van der Waals surface area contributed by atoms with Gasteiger partial charge in [-0.3, -0.25) is 4.90 Å². The summed E-state index contributed by atoms with van der Waals surface area (Å²) in [5.41, 5.74) is 7.06. The second-order valence-corrected chi connectivity index (χ2v) is 5.67. The van der Waals surface area contributed by atoms with Gasteiger partial charge < -0.3 is 15.2 Å². The molecule has 2 rings (SSSR count). The van der Waals surface area contributed by atoms with Gasteiger partial charge in [-0.15, -0.1) is 0 Å². The Morgan fingerprint density at radius 3 is 2.75 bits per heavy atom. The lowest BCUT2D eigenvalue weighted by molar-refractivity contribution is 0.125. The van der Waals surface area contributed by atoms with Crippen LogP contribution >= 0.6 is 0 Å². The molecule has 2 unspecified atom stereocenters. The Bertz CT molecular complexity index is 436. The molecule has 1 aromatic carbocycles. The highest BCUT2D eigenvalue weighted by Crippen LogP contribution is 2.28. The molecule has 2 atom stereocenters. The fourth-order valence-corrected chi connectivity index (χ4v) is 2.92. The molecule has 0 aliphatic carbocycles. The Kier molecular flexibility index (Phi) is 5.26. The van der Waals surface area contributed by atoms with E-state index >= 15 is 0 Å². The van der Waals surface area contributed by atoms with E-state index in [9.17, 15) is 0 Å². The van der Waals surface area contributed by atoms with Gasteiger partial charge in [-0.25, -0.2) is 0 Å². The topological polar surface area (TPSA) is 47.7 Å². The number of rotatable bonds is 5. The first kappa shape index (κ1) is 15.1. The number of piperidine rings is 1. The van der Waals surface area contributed by atoms with Crippen LogP contribution in [0.25, 0.3) is 0 Å². The molecule has 0 amide bonds. The van der Waals surface area contributed by atoms with Crippen molar-refractivity contribution in [2.24, 2.45) is 17.6 Å². The van der Waals surface area contributed by atoms with E-state index in [2.05, 4.69) is 17.9 Å². The van der Waals surface area contributed by atoms with E-state index in [1.54, 1.807) is 14.2 Å². The number of ether oxygens (including phenoxy) is 2. The van der Waals surface area contributed by atoms with Crippen molar-refractivity contribution in [2.45, 2.75) is 19.9 Å². The fraction of sp³-hybridized carbons (Fsp3) is 0.625. The summed E-state index contributed by atoms with van der Waals surface area (Å²) in [7, 11) is 3.41. The number of nitrogens with two attached hydrogens (primary N) is 1. The zero-order valence-corrected chi connectivity index (χ0v) is 12.8. The smallest absolute Gasteiger partial charge is 0.123 e. The maximum Gasteiger partial charge on any atom is 0.123 e. The Labute approximate surface area is 121 Å². The van der Waals surface area contributed by atoms with Crippen molar-refractivity contribution in [1.29, 1.82) is 0 Å². The molecule has 0 saturated carbocycles. The lowest BCUT2D eigenvalue weighted by atomic mass is 9.87. The molecule has 1 heterocycles. The molecule has 20 heavy (non-hydrogen) atoms. The van der Waals surface area contributed by atoms with Crippen LogP contribution in [0.3, 0.4) is 0 Å². The molecule has 112 valence electrons. The molecule has 1 saturated heterocycles. The molecule has 1 aromatic rings. The largest absolute Gasteiger partial charge is 0.497 e. The highest BCUT2D eigenvalue weighted by molar-refractivity contribution is 5.40. The van der Waals surface area contributed by atoms with Gasteiger partial charge in [0.25, 0.3) is 0 Å². The molecule has 2 N–H and O–H groups in total. The van der Waals surface area contributed by atoms with Crippen molar-refractivity contribution < 1.29 is 9.47 Å². The van der Waals surface area contributed by atoms with Gasteiger partial charge in [0.2, 0.25) is 0 Å². The van der Waals surface area contributed by atoms with E-state index in [0.717, 1.165) is 43.6 Å². The first-order chi connectivity index (χ1) is 9.67. The third kappa shape index (κ3) is 3.44. The molecule has 1 fully saturated rings. The summed E-state index contributed by atoms with van der Waals surface area (Å²) in [5.74, 6) is 3.12. The second-order valence-electron chi connectivity index (χ2n) is 5.67. The van der Waals surface area contributed by atoms with Crippen LogP contribution in [0.15, 0.2) is 18.2 Å². The minimum absolute atomic E-state index is 0.598. The maximum atomic E-state index is 5.88. The second kappa shape index (κ2) is 6.95. The Hall–Kier alpha value is -1.26. The third-order valence-corrected chi connectivity index (χ3v) is 4.38. The molecule has 0 bridgehead atoms. The van der Waals surface area contributed by atoms with Gasteiger partial charge >= 0.3 is 0 Å². The normalized spacial score (nSPS) is 23.6. The van der Waals surface area contributed by atoms with Crippen LogP contribution in [0, 0.1) is 11.8 Å². The molecule has 0 spiro atoms. The standard InChI is InChI=1S/C16H26N2O2/c1-12-6-7-18(11-14(12)9-17)10-13-8-15(19-2)4-5-16(13)20-3/h4-5,8,12,14H,6-7,9-11,17H2,1-3H3. The van der Waals surface area contributed by atoms with Crippen LogP contribution in [-0.4, -0.2) is 38.8 Å². The van der Waals surface area contributed by atoms with Crippen molar-refractivity contribution >= 4 is 0 Å². The Morgan fingerprint density at radius 1 is 1.30 bits per heavy atom. The molecule has 0 radical (unpaired) electrons. The summed E-state index contributed by atoms with van der Waals surface area (Å²) in [6.07, 6.45) is 1.22. The Balaban J connectivity index is 2.09. The van der Waals surface area contributed by atoms with Crippen molar-refractivity contribution in [3.63, 3.8) is 0 Å². The van der Waals surface area contributed by atoms with E-state index in [-0.39, 0.29) is 0 Å². The Morgan fingerprint density at radius 2 is 2.10 bits per heavy atom. The average molecular weight is 278 g/mol. The van der Waals surface area contributed by atoms with Crippen LogP contribution in [0.2, 0.25) is 0 Å². The molecular weight excluding hydrogens is 252 g/mol. The summed E-state index contributed by atoms with van der Waals surface area (Å²) in [4.78, 5) is 2.47. The van der Waals surface area contributed by atoms with E-state index < -0.39 is 0 Å². The van der Waals surface area contributed by atoms with Gasteiger partial charge in [0.1, 0.15) is 11.5 Å². The molecule has 4 heteroatoms. The molecular formula is C16H26N2O2. The van der Waals surface area contributed by atoms with E-state index in [1.165, 1.54) is 12.0 Å². The number of likely N-dealkylation sites (tertiary alicyclic amines) is 1. The lowest BCUT2D eigenvalue weighted by Crippen LogP contribution is -2.42. The molecule has 4 nitrogen and oxygen atoms in total. The van der Waals surface area contributed by atoms with Gasteiger partial charge in [-0.1, -0.05) is 6.92 Å². The minimum atomic E-state index is 0.598. The number of hydrogen-bond donors (Lipinski definition) is 1. The van der Waals surface area contributed by atoms with Gasteiger partial charge in [0.05, 0.1) is 14.2 Å². The maximum absolute atomic E-state index is 5.88. The third-order valence-electron chi connectivity index (χ3n) is 4.38. The van der Waals surface area contributed by atoms with E-state index in [1.807, 2.05) is 12.1 Å². The van der Waals surface area contributed by atoms with E-state index in [0.29, 0.717) is 5.92 Å². The predicted molar refractivity (Wildman–Crippen MR) is 81.1 cm³/mol. The van der Waals surface area contributed by atoms with Crippen molar-refractivity contribution in [3.8, 4) is 11.5 Å². The fourth-order valence-electron chi connectivity index (χ4n) is 2.92. The first-order valence-electron chi connectivity index (χ1n) is 7.31. The summed E-state index contributed by atoms with van der Waals surface area (Å²) in [6.45, 7) is 6.16. The SMILES string of the molecule is COc1ccc(OC)c(CN2CCC(C)C(CN)C2)c1.